The van der Waals surface area contributed by atoms with Crippen LogP contribution in [0.3, 0.4) is 0 Å². The Morgan fingerprint density at radius 2 is 1.94 bits per heavy atom. The van der Waals surface area contributed by atoms with Gasteiger partial charge in [-0.15, -0.1) is 0 Å². The number of hydrogen-bond donors (Lipinski definition) is 1. The molecule has 0 aliphatic rings. The van der Waals surface area contributed by atoms with Gasteiger partial charge in [-0.3, -0.25) is 0 Å². The molecule has 2 heteroatoms. The van der Waals surface area contributed by atoms with Gasteiger partial charge in [0.1, 0.15) is 5.76 Å². The van der Waals surface area contributed by atoms with E-state index in [1.807, 2.05) is 12.1 Å². The molecule has 0 amide bonds. The molecule has 96 valence electrons. The summed E-state index contributed by atoms with van der Waals surface area (Å²) in [5.74, 6) is 1.05. The van der Waals surface area contributed by atoms with E-state index in [-0.39, 0.29) is 0 Å². The van der Waals surface area contributed by atoms with Gasteiger partial charge in [0.25, 0.3) is 0 Å². The largest absolute Gasteiger partial charge is 0.469 e. The van der Waals surface area contributed by atoms with Crippen LogP contribution in [-0.2, 0) is 6.42 Å². The van der Waals surface area contributed by atoms with Gasteiger partial charge in [0.15, 0.2) is 0 Å². The molecule has 1 atom stereocenters. The maximum absolute atomic E-state index is 5.34. The van der Waals surface area contributed by atoms with Crippen LogP contribution in [0.25, 0.3) is 0 Å². The Balaban J connectivity index is 1.87. The van der Waals surface area contributed by atoms with E-state index in [1.165, 1.54) is 18.4 Å². The molecule has 1 aromatic carbocycles. The molecule has 0 fully saturated rings. The van der Waals surface area contributed by atoms with Crippen molar-refractivity contribution in [3.05, 3.63) is 60.1 Å². The zero-order valence-electron chi connectivity index (χ0n) is 10.9. The molecule has 0 saturated heterocycles. The fourth-order valence-electron chi connectivity index (χ4n) is 2.19. The first-order valence-corrected chi connectivity index (χ1v) is 6.71. The Morgan fingerprint density at radius 1 is 1.11 bits per heavy atom. The maximum Gasteiger partial charge on any atom is 0.105 e. The smallest absolute Gasteiger partial charge is 0.105 e. The minimum atomic E-state index is 0.450. The van der Waals surface area contributed by atoms with Crippen LogP contribution in [-0.4, -0.2) is 6.54 Å². The Morgan fingerprint density at radius 3 is 2.61 bits per heavy atom. The first-order chi connectivity index (χ1) is 8.90. The minimum Gasteiger partial charge on any atom is -0.469 e. The summed E-state index contributed by atoms with van der Waals surface area (Å²) in [4.78, 5) is 0. The fraction of sp³-hybridized carbons (Fsp3) is 0.375. The lowest BCUT2D eigenvalue weighted by Crippen LogP contribution is -2.23. The van der Waals surface area contributed by atoms with Crippen molar-refractivity contribution in [2.24, 2.45) is 0 Å². The molecule has 18 heavy (non-hydrogen) atoms. The molecular formula is C16H21NO. The zero-order chi connectivity index (χ0) is 12.6. The minimum absolute atomic E-state index is 0.450. The average molecular weight is 243 g/mol. The number of furan rings is 1. The summed E-state index contributed by atoms with van der Waals surface area (Å²) in [6.07, 6.45) is 5.03. The summed E-state index contributed by atoms with van der Waals surface area (Å²) in [6.45, 7) is 3.18. The monoisotopic (exact) mass is 243 g/mol. The van der Waals surface area contributed by atoms with Crippen molar-refractivity contribution in [2.45, 2.75) is 32.2 Å². The summed E-state index contributed by atoms with van der Waals surface area (Å²) < 4.78 is 5.34. The van der Waals surface area contributed by atoms with Crippen LogP contribution in [0, 0.1) is 0 Å². The maximum atomic E-state index is 5.34. The van der Waals surface area contributed by atoms with E-state index < -0.39 is 0 Å². The third kappa shape index (κ3) is 3.74. The Kier molecular flexibility index (Phi) is 5.03. The SMILES string of the molecule is CCCC(NCCc1ccco1)c1ccccc1. The predicted molar refractivity (Wildman–Crippen MR) is 74.5 cm³/mol. The first kappa shape index (κ1) is 12.9. The summed E-state index contributed by atoms with van der Waals surface area (Å²) >= 11 is 0. The van der Waals surface area contributed by atoms with Crippen molar-refractivity contribution in [3.8, 4) is 0 Å². The van der Waals surface area contributed by atoms with Crippen LogP contribution in [0.1, 0.15) is 37.1 Å². The Bertz CT molecular complexity index is 422. The van der Waals surface area contributed by atoms with Crippen molar-refractivity contribution < 1.29 is 4.42 Å². The van der Waals surface area contributed by atoms with E-state index in [9.17, 15) is 0 Å². The third-order valence-corrected chi connectivity index (χ3v) is 3.12. The van der Waals surface area contributed by atoms with E-state index in [0.717, 1.165) is 18.7 Å². The zero-order valence-corrected chi connectivity index (χ0v) is 10.9. The highest BCUT2D eigenvalue weighted by molar-refractivity contribution is 5.18. The third-order valence-electron chi connectivity index (χ3n) is 3.12. The molecule has 0 bridgehead atoms. The fourth-order valence-corrected chi connectivity index (χ4v) is 2.19. The normalized spacial score (nSPS) is 12.5. The molecule has 1 unspecified atom stereocenters. The van der Waals surface area contributed by atoms with Crippen molar-refractivity contribution in [1.29, 1.82) is 0 Å². The van der Waals surface area contributed by atoms with Gasteiger partial charge in [-0.25, -0.2) is 0 Å². The second kappa shape index (κ2) is 7.02. The standard InChI is InChI=1S/C16H21NO/c1-2-7-16(14-8-4-3-5-9-14)17-12-11-15-10-6-13-18-15/h3-6,8-10,13,16-17H,2,7,11-12H2,1H3. The van der Waals surface area contributed by atoms with E-state index in [1.54, 1.807) is 6.26 Å². The highest BCUT2D eigenvalue weighted by Crippen LogP contribution is 2.17. The van der Waals surface area contributed by atoms with Crippen LogP contribution in [0.2, 0.25) is 0 Å². The summed E-state index contributed by atoms with van der Waals surface area (Å²) in [5.41, 5.74) is 1.37. The number of benzene rings is 1. The molecule has 0 aliphatic carbocycles. The van der Waals surface area contributed by atoms with Gasteiger partial charge in [0.05, 0.1) is 6.26 Å². The second-order valence-corrected chi connectivity index (χ2v) is 4.54. The van der Waals surface area contributed by atoms with Crippen molar-refractivity contribution in [2.75, 3.05) is 6.54 Å². The van der Waals surface area contributed by atoms with Crippen LogP contribution in [0.4, 0.5) is 0 Å². The highest BCUT2D eigenvalue weighted by Gasteiger charge is 2.09. The molecule has 0 radical (unpaired) electrons. The summed E-state index contributed by atoms with van der Waals surface area (Å²) in [6, 6.07) is 15.1. The summed E-state index contributed by atoms with van der Waals surface area (Å²) in [7, 11) is 0. The highest BCUT2D eigenvalue weighted by atomic mass is 16.3. The van der Waals surface area contributed by atoms with Gasteiger partial charge in [-0.1, -0.05) is 43.7 Å². The van der Waals surface area contributed by atoms with Crippen molar-refractivity contribution in [1.82, 2.24) is 5.32 Å². The van der Waals surface area contributed by atoms with E-state index >= 15 is 0 Å². The number of hydrogen-bond acceptors (Lipinski definition) is 2. The van der Waals surface area contributed by atoms with E-state index in [4.69, 9.17) is 4.42 Å². The Labute approximate surface area is 109 Å². The lowest BCUT2D eigenvalue weighted by atomic mass is 10.0. The van der Waals surface area contributed by atoms with Crippen molar-refractivity contribution >= 4 is 0 Å². The van der Waals surface area contributed by atoms with Gasteiger partial charge < -0.3 is 9.73 Å². The molecule has 0 saturated carbocycles. The molecular weight excluding hydrogens is 222 g/mol. The van der Waals surface area contributed by atoms with Crippen LogP contribution < -0.4 is 5.32 Å². The predicted octanol–water partition coefficient (Wildman–Crippen LogP) is 3.95. The molecule has 2 rings (SSSR count). The van der Waals surface area contributed by atoms with Gasteiger partial charge >= 0.3 is 0 Å². The molecule has 1 aromatic heterocycles. The first-order valence-electron chi connectivity index (χ1n) is 6.71. The van der Waals surface area contributed by atoms with Gasteiger partial charge in [-0.05, 0) is 24.1 Å². The molecule has 2 nitrogen and oxygen atoms in total. The molecule has 1 heterocycles. The van der Waals surface area contributed by atoms with Crippen LogP contribution in [0.15, 0.2) is 53.1 Å². The topological polar surface area (TPSA) is 25.2 Å². The van der Waals surface area contributed by atoms with E-state index in [0.29, 0.717) is 6.04 Å². The quantitative estimate of drug-likeness (QED) is 0.796. The van der Waals surface area contributed by atoms with Crippen LogP contribution in [0.5, 0.6) is 0 Å². The van der Waals surface area contributed by atoms with Gasteiger partial charge in [-0.2, -0.15) is 0 Å². The van der Waals surface area contributed by atoms with Crippen molar-refractivity contribution in [3.63, 3.8) is 0 Å². The second-order valence-electron chi connectivity index (χ2n) is 4.54. The van der Waals surface area contributed by atoms with Gasteiger partial charge in [0, 0.05) is 19.0 Å². The lowest BCUT2D eigenvalue weighted by Gasteiger charge is -2.18. The molecule has 2 aromatic rings. The molecule has 0 aliphatic heterocycles. The van der Waals surface area contributed by atoms with Crippen LogP contribution >= 0.6 is 0 Å². The summed E-state index contributed by atoms with van der Waals surface area (Å²) in [5, 5.41) is 3.62. The molecule has 1 N–H and O–H groups in total. The number of nitrogens with one attached hydrogen (secondary N) is 1. The Hall–Kier alpha value is -1.54. The average Bonchev–Trinajstić information content (AvgIpc) is 2.92. The lowest BCUT2D eigenvalue weighted by molar-refractivity contribution is 0.462. The number of rotatable bonds is 7. The molecule has 0 spiro atoms. The van der Waals surface area contributed by atoms with E-state index in [2.05, 4.69) is 42.6 Å². The van der Waals surface area contributed by atoms with Gasteiger partial charge in [0.2, 0.25) is 0 Å².